The van der Waals surface area contributed by atoms with Crippen LogP contribution in [0.1, 0.15) is 35.3 Å². The maximum atomic E-state index is 12.6. The zero-order valence-electron chi connectivity index (χ0n) is 16.6. The monoisotopic (exact) mass is 394 g/mol. The lowest BCUT2D eigenvalue weighted by Gasteiger charge is -2.38. The summed E-state index contributed by atoms with van der Waals surface area (Å²) in [5.74, 6) is -0.175. The largest absolute Gasteiger partial charge is 0.373 e. The van der Waals surface area contributed by atoms with Gasteiger partial charge in [-0.2, -0.15) is 0 Å². The fourth-order valence-corrected chi connectivity index (χ4v) is 4.08. The number of hydrogen-bond donors (Lipinski definition) is 2. The van der Waals surface area contributed by atoms with Crippen molar-refractivity contribution in [2.24, 2.45) is 0 Å². The SMILES string of the molecule is Cc1cccc(NC(=O)N2CCC3(CC2)C[C@H](NC(=O)c2ccccn2)CO3)c1. The molecule has 2 aromatic rings. The summed E-state index contributed by atoms with van der Waals surface area (Å²) in [5.41, 5.74) is 2.07. The number of rotatable bonds is 3. The van der Waals surface area contributed by atoms with Crippen LogP contribution in [0, 0.1) is 6.92 Å². The van der Waals surface area contributed by atoms with E-state index in [9.17, 15) is 9.59 Å². The lowest BCUT2D eigenvalue weighted by molar-refractivity contribution is -0.0355. The van der Waals surface area contributed by atoms with Crippen LogP contribution in [0.25, 0.3) is 0 Å². The van der Waals surface area contributed by atoms with E-state index in [4.69, 9.17) is 4.74 Å². The molecule has 7 heteroatoms. The van der Waals surface area contributed by atoms with Crippen LogP contribution < -0.4 is 10.6 Å². The number of hydrogen-bond acceptors (Lipinski definition) is 4. The first-order valence-corrected chi connectivity index (χ1v) is 10.0. The van der Waals surface area contributed by atoms with E-state index in [0.717, 1.165) is 30.5 Å². The van der Waals surface area contributed by atoms with Crippen LogP contribution in [0.4, 0.5) is 10.5 Å². The Labute approximate surface area is 170 Å². The number of amides is 3. The number of carbonyl (C=O) groups excluding carboxylic acids is 2. The Morgan fingerprint density at radius 3 is 2.72 bits per heavy atom. The molecule has 2 saturated heterocycles. The van der Waals surface area contributed by atoms with Gasteiger partial charge in [0.05, 0.1) is 18.2 Å². The second-order valence-corrected chi connectivity index (χ2v) is 7.87. The van der Waals surface area contributed by atoms with Gasteiger partial charge in [-0.3, -0.25) is 9.78 Å². The molecule has 1 spiro atoms. The molecule has 0 aliphatic carbocycles. The van der Waals surface area contributed by atoms with Gasteiger partial charge in [0.15, 0.2) is 0 Å². The number of carbonyl (C=O) groups is 2. The molecular weight excluding hydrogens is 368 g/mol. The molecule has 1 aromatic carbocycles. The van der Waals surface area contributed by atoms with E-state index in [-0.39, 0.29) is 23.6 Å². The van der Waals surface area contributed by atoms with Crippen molar-refractivity contribution in [1.29, 1.82) is 0 Å². The first kappa shape index (κ1) is 19.4. The van der Waals surface area contributed by atoms with Gasteiger partial charge in [0, 0.05) is 25.0 Å². The van der Waals surface area contributed by atoms with Gasteiger partial charge < -0.3 is 20.3 Å². The highest BCUT2D eigenvalue weighted by molar-refractivity contribution is 5.92. The molecule has 2 fully saturated rings. The maximum Gasteiger partial charge on any atom is 0.321 e. The van der Waals surface area contributed by atoms with Gasteiger partial charge in [0.1, 0.15) is 5.69 Å². The number of piperidine rings is 1. The standard InChI is InChI=1S/C22H26N4O3/c1-16-5-4-6-17(13-16)25-21(28)26-11-8-22(9-12-26)14-18(15-29-22)24-20(27)19-7-2-3-10-23-19/h2-7,10,13,18H,8-9,11-12,14-15H2,1H3,(H,24,27)(H,25,28)/t18-/m0/s1. The third-order valence-corrected chi connectivity index (χ3v) is 5.67. The van der Waals surface area contributed by atoms with E-state index < -0.39 is 0 Å². The van der Waals surface area contributed by atoms with Gasteiger partial charge in [-0.15, -0.1) is 0 Å². The van der Waals surface area contributed by atoms with Crippen molar-refractivity contribution >= 4 is 17.6 Å². The van der Waals surface area contributed by atoms with Crippen molar-refractivity contribution in [3.63, 3.8) is 0 Å². The Kier molecular flexibility index (Phi) is 5.49. The Balaban J connectivity index is 1.28. The summed E-state index contributed by atoms with van der Waals surface area (Å²) in [6.45, 7) is 3.77. The molecule has 0 bridgehead atoms. The van der Waals surface area contributed by atoms with Crippen LogP contribution in [0.15, 0.2) is 48.7 Å². The highest BCUT2D eigenvalue weighted by Crippen LogP contribution is 2.36. The van der Waals surface area contributed by atoms with Gasteiger partial charge in [-0.25, -0.2) is 4.79 Å². The van der Waals surface area contributed by atoms with Crippen LogP contribution in [0.2, 0.25) is 0 Å². The molecule has 3 amide bonds. The van der Waals surface area contributed by atoms with E-state index in [1.807, 2.05) is 36.1 Å². The molecule has 1 atom stereocenters. The summed E-state index contributed by atoms with van der Waals surface area (Å²) in [6.07, 6.45) is 3.91. The number of likely N-dealkylation sites (tertiary alicyclic amines) is 1. The summed E-state index contributed by atoms with van der Waals surface area (Å²) >= 11 is 0. The average Bonchev–Trinajstić information content (AvgIpc) is 3.11. The fraction of sp³-hybridized carbons (Fsp3) is 0.409. The van der Waals surface area contributed by atoms with Crippen molar-refractivity contribution in [2.45, 2.75) is 37.8 Å². The van der Waals surface area contributed by atoms with Gasteiger partial charge in [-0.1, -0.05) is 18.2 Å². The number of anilines is 1. The number of urea groups is 1. The molecule has 2 N–H and O–H groups in total. The van der Waals surface area contributed by atoms with Crippen LogP contribution in [-0.4, -0.2) is 53.2 Å². The normalized spacial score (nSPS) is 20.4. The lowest BCUT2D eigenvalue weighted by Crippen LogP contribution is -2.48. The number of ether oxygens (including phenoxy) is 1. The van der Waals surface area contributed by atoms with Crippen molar-refractivity contribution in [1.82, 2.24) is 15.2 Å². The van der Waals surface area contributed by atoms with Crippen molar-refractivity contribution < 1.29 is 14.3 Å². The summed E-state index contributed by atoms with van der Waals surface area (Å²) in [4.78, 5) is 30.8. The first-order chi connectivity index (χ1) is 14.0. The minimum atomic E-state index is -0.262. The van der Waals surface area contributed by atoms with E-state index in [1.165, 1.54) is 0 Å². The van der Waals surface area contributed by atoms with Gasteiger partial charge in [0.25, 0.3) is 5.91 Å². The quantitative estimate of drug-likeness (QED) is 0.838. The highest BCUT2D eigenvalue weighted by Gasteiger charge is 2.43. The molecule has 4 rings (SSSR count). The molecular formula is C22H26N4O3. The van der Waals surface area contributed by atoms with Crippen molar-refractivity contribution in [3.05, 3.63) is 59.9 Å². The number of nitrogens with zero attached hydrogens (tertiary/aromatic N) is 2. The molecule has 2 aliphatic rings. The third kappa shape index (κ3) is 4.56. The molecule has 152 valence electrons. The molecule has 1 aromatic heterocycles. The topological polar surface area (TPSA) is 83.6 Å². The number of aromatic nitrogens is 1. The van der Waals surface area contributed by atoms with Crippen molar-refractivity contribution in [3.8, 4) is 0 Å². The second-order valence-electron chi connectivity index (χ2n) is 7.87. The highest BCUT2D eigenvalue weighted by atomic mass is 16.5. The summed E-state index contributed by atoms with van der Waals surface area (Å²) < 4.78 is 6.10. The molecule has 2 aliphatic heterocycles. The Morgan fingerprint density at radius 1 is 1.17 bits per heavy atom. The maximum absolute atomic E-state index is 12.6. The molecule has 0 saturated carbocycles. The Morgan fingerprint density at radius 2 is 2.00 bits per heavy atom. The zero-order chi connectivity index (χ0) is 20.3. The summed E-state index contributed by atoms with van der Waals surface area (Å²) in [6, 6.07) is 13.0. The van der Waals surface area contributed by atoms with Crippen LogP contribution in [0.5, 0.6) is 0 Å². The second kappa shape index (κ2) is 8.21. The Hall–Kier alpha value is -2.93. The smallest absolute Gasteiger partial charge is 0.321 e. The predicted octanol–water partition coefficient (Wildman–Crippen LogP) is 2.98. The number of pyridine rings is 1. The van der Waals surface area contributed by atoms with Crippen molar-refractivity contribution in [2.75, 3.05) is 25.0 Å². The van der Waals surface area contributed by atoms with E-state index in [0.29, 0.717) is 25.4 Å². The van der Waals surface area contributed by atoms with Gasteiger partial charge >= 0.3 is 6.03 Å². The zero-order valence-corrected chi connectivity index (χ0v) is 16.6. The van der Waals surface area contributed by atoms with Crippen LogP contribution >= 0.6 is 0 Å². The summed E-state index contributed by atoms with van der Waals surface area (Å²) in [7, 11) is 0. The fourth-order valence-electron chi connectivity index (χ4n) is 4.08. The number of aryl methyl sites for hydroxylation is 1. The van der Waals surface area contributed by atoms with Crippen LogP contribution in [-0.2, 0) is 4.74 Å². The van der Waals surface area contributed by atoms with E-state index >= 15 is 0 Å². The molecule has 7 nitrogen and oxygen atoms in total. The first-order valence-electron chi connectivity index (χ1n) is 10.0. The molecule has 3 heterocycles. The number of nitrogens with one attached hydrogen (secondary N) is 2. The molecule has 0 unspecified atom stereocenters. The van der Waals surface area contributed by atoms with Gasteiger partial charge in [0.2, 0.25) is 0 Å². The Bertz CT molecular complexity index is 879. The molecule has 29 heavy (non-hydrogen) atoms. The minimum Gasteiger partial charge on any atom is -0.373 e. The number of benzene rings is 1. The van der Waals surface area contributed by atoms with Gasteiger partial charge in [-0.05, 0) is 56.0 Å². The van der Waals surface area contributed by atoms with Crippen LogP contribution in [0.3, 0.4) is 0 Å². The minimum absolute atomic E-state index is 0.0304. The predicted molar refractivity (Wildman–Crippen MR) is 110 cm³/mol. The molecule has 0 radical (unpaired) electrons. The summed E-state index contributed by atoms with van der Waals surface area (Å²) in [5, 5.41) is 5.99. The van der Waals surface area contributed by atoms with E-state index in [2.05, 4.69) is 15.6 Å². The third-order valence-electron chi connectivity index (χ3n) is 5.67. The lowest BCUT2D eigenvalue weighted by atomic mass is 9.87. The van der Waals surface area contributed by atoms with E-state index in [1.54, 1.807) is 24.4 Å². The average molecular weight is 394 g/mol.